The van der Waals surface area contributed by atoms with Crippen molar-refractivity contribution in [3.8, 4) is 11.1 Å². The first kappa shape index (κ1) is 11.5. The molecular weight excluding hydrogens is 223 g/mol. The molecule has 0 amide bonds. The largest absolute Gasteiger partial charge is 0.206 e. The molecular formula is C17H17F. The van der Waals surface area contributed by atoms with Gasteiger partial charge in [-0.25, -0.2) is 4.39 Å². The lowest BCUT2D eigenvalue weighted by Gasteiger charge is -2.34. The molecule has 1 saturated carbocycles. The number of halogens is 1. The number of hydrogen-bond donors (Lipinski definition) is 0. The van der Waals surface area contributed by atoms with Gasteiger partial charge in [0.15, 0.2) is 0 Å². The monoisotopic (exact) mass is 240 g/mol. The summed E-state index contributed by atoms with van der Waals surface area (Å²) in [6, 6.07) is 15.5. The molecule has 0 radical (unpaired) electrons. The van der Waals surface area contributed by atoms with Gasteiger partial charge >= 0.3 is 0 Å². The van der Waals surface area contributed by atoms with Gasteiger partial charge in [-0.2, -0.15) is 0 Å². The zero-order chi connectivity index (χ0) is 12.5. The van der Waals surface area contributed by atoms with Crippen LogP contribution >= 0.6 is 0 Å². The van der Waals surface area contributed by atoms with Gasteiger partial charge in [0.2, 0.25) is 0 Å². The average molecular weight is 240 g/mol. The van der Waals surface area contributed by atoms with Gasteiger partial charge < -0.3 is 0 Å². The molecule has 0 nitrogen and oxygen atoms in total. The van der Waals surface area contributed by atoms with E-state index in [-0.39, 0.29) is 5.82 Å². The van der Waals surface area contributed by atoms with Crippen LogP contribution in [-0.4, -0.2) is 0 Å². The fourth-order valence-corrected chi connectivity index (χ4v) is 2.78. The maximum atomic E-state index is 14.2. The molecule has 0 heterocycles. The first-order valence-corrected chi connectivity index (χ1v) is 6.60. The van der Waals surface area contributed by atoms with Gasteiger partial charge in [-0.05, 0) is 41.9 Å². The quantitative estimate of drug-likeness (QED) is 0.692. The molecule has 0 bridgehead atoms. The molecule has 0 aromatic heterocycles. The standard InChI is InChI=1S/C17H17F/c1-12-7-9-15(12)14-8-10-16(17(18)11-14)13-5-3-2-4-6-13/h2-6,8,10-12,15H,7,9H2,1H3/t12-,15-/m0/s1. The summed E-state index contributed by atoms with van der Waals surface area (Å²) in [5, 5.41) is 0. The van der Waals surface area contributed by atoms with Crippen molar-refractivity contribution in [3.63, 3.8) is 0 Å². The molecule has 0 unspecified atom stereocenters. The maximum absolute atomic E-state index is 14.2. The molecule has 2 aromatic carbocycles. The van der Waals surface area contributed by atoms with Crippen LogP contribution in [0.1, 0.15) is 31.2 Å². The summed E-state index contributed by atoms with van der Waals surface area (Å²) in [5.41, 5.74) is 2.81. The predicted octanol–water partition coefficient (Wildman–Crippen LogP) is 5.01. The van der Waals surface area contributed by atoms with Gasteiger partial charge in [0, 0.05) is 5.56 Å². The molecule has 1 fully saturated rings. The van der Waals surface area contributed by atoms with Crippen molar-refractivity contribution in [2.45, 2.75) is 25.7 Å². The highest BCUT2D eigenvalue weighted by Gasteiger charge is 2.28. The van der Waals surface area contributed by atoms with Crippen molar-refractivity contribution in [1.29, 1.82) is 0 Å². The van der Waals surface area contributed by atoms with Crippen molar-refractivity contribution >= 4 is 0 Å². The molecule has 92 valence electrons. The van der Waals surface area contributed by atoms with Crippen LogP contribution in [0.25, 0.3) is 11.1 Å². The summed E-state index contributed by atoms with van der Waals surface area (Å²) < 4.78 is 14.2. The van der Waals surface area contributed by atoms with Crippen LogP contribution in [-0.2, 0) is 0 Å². The van der Waals surface area contributed by atoms with Gasteiger partial charge in [0.25, 0.3) is 0 Å². The first-order chi connectivity index (χ1) is 8.75. The molecule has 0 spiro atoms. The van der Waals surface area contributed by atoms with E-state index in [0.29, 0.717) is 17.4 Å². The highest BCUT2D eigenvalue weighted by molar-refractivity contribution is 5.64. The van der Waals surface area contributed by atoms with Crippen LogP contribution in [0, 0.1) is 11.7 Å². The summed E-state index contributed by atoms with van der Waals surface area (Å²) in [6.07, 6.45) is 2.47. The van der Waals surface area contributed by atoms with Crippen molar-refractivity contribution in [2.24, 2.45) is 5.92 Å². The highest BCUT2D eigenvalue weighted by Crippen LogP contribution is 2.42. The van der Waals surface area contributed by atoms with Crippen LogP contribution in [0.2, 0.25) is 0 Å². The zero-order valence-electron chi connectivity index (χ0n) is 10.6. The summed E-state index contributed by atoms with van der Waals surface area (Å²) >= 11 is 0. The van der Waals surface area contributed by atoms with Crippen molar-refractivity contribution in [1.82, 2.24) is 0 Å². The maximum Gasteiger partial charge on any atom is 0.131 e. The number of hydrogen-bond acceptors (Lipinski definition) is 0. The fourth-order valence-electron chi connectivity index (χ4n) is 2.78. The topological polar surface area (TPSA) is 0 Å². The first-order valence-electron chi connectivity index (χ1n) is 6.60. The van der Waals surface area contributed by atoms with Gasteiger partial charge in [-0.3, -0.25) is 0 Å². The van der Waals surface area contributed by atoms with Crippen LogP contribution in [0.3, 0.4) is 0 Å². The Balaban J connectivity index is 1.95. The Morgan fingerprint density at radius 2 is 1.78 bits per heavy atom. The summed E-state index contributed by atoms with van der Waals surface area (Å²) in [7, 11) is 0. The van der Waals surface area contributed by atoms with E-state index in [2.05, 4.69) is 13.0 Å². The molecule has 1 heteroatoms. The van der Waals surface area contributed by atoms with Gasteiger partial charge in [0.05, 0.1) is 0 Å². The average Bonchev–Trinajstić information content (AvgIpc) is 2.38. The third kappa shape index (κ3) is 1.94. The van der Waals surface area contributed by atoms with Crippen molar-refractivity contribution in [3.05, 3.63) is 59.9 Å². The van der Waals surface area contributed by atoms with Crippen LogP contribution in [0.5, 0.6) is 0 Å². The lowest BCUT2D eigenvalue weighted by Crippen LogP contribution is -2.20. The lowest BCUT2D eigenvalue weighted by molar-refractivity contribution is 0.280. The Hall–Kier alpha value is -1.63. The zero-order valence-corrected chi connectivity index (χ0v) is 10.6. The van der Waals surface area contributed by atoms with E-state index in [1.165, 1.54) is 12.8 Å². The second-order valence-electron chi connectivity index (χ2n) is 5.27. The Labute approximate surface area is 107 Å². The van der Waals surface area contributed by atoms with E-state index in [9.17, 15) is 4.39 Å². The van der Waals surface area contributed by atoms with Crippen molar-refractivity contribution < 1.29 is 4.39 Å². The van der Waals surface area contributed by atoms with E-state index in [1.807, 2.05) is 36.4 Å². The van der Waals surface area contributed by atoms with E-state index in [0.717, 1.165) is 11.1 Å². The van der Waals surface area contributed by atoms with E-state index in [1.54, 1.807) is 6.07 Å². The molecule has 2 aromatic rings. The second-order valence-corrected chi connectivity index (χ2v) is 5.27. The molecule has 2 atom stereocenters. The minimum atomic E-state index is -0.0993. The summed E-state index contributed by atoms with van der Waals surface area (Å²) in [4.78, 5) is 0. The van der Waals surface area contributed by atoms with E-state index >= 15 is 0 Å². The second kappa shape index (κ2) is 4.56. The van der Waals surface area contributed by atoms with Crippen molar-refractivity contribution in [2.75, 3.05) is 0 Å². The highest BCUT2D eigenvalue weighted by atomic mass is 19.1. The third-order valence-electron chi connectivity index (χ3n) is 4.13. The molecule has 1 aliphatic rings. The molecule has 0 aliphatic heterocycles. The normalized spacial score (nSPS) is 22.6. The smallest absolute Gasteiger partial charge is 0.131 e. The van der Waals surface area contributed by atoms with Gasteiger partial charge in [-0.1, -0.05) is 49.4 Å². The Morgan fingerprint density at radius 1 is 1.00 bits per heavy atom. The molecule has 3 rings (SSSR count). The fraction of sp³-hybridized carbons (Fsp3) is 0.294. The van der Waals surface area contributed by atoms with E-state index in [4.69, 9.17) is 0 Å². The number of rotatable bonds is 2. The lowest BCUT2D eigenvalue weighted by atomic mass is 9.71. The molecule has 1 aliphatic carbocycles. The minimum absolute atomic E-state index is 0.0993. The SMILES string of the molecule is C[C@H]1CC[C@@H]1c1ccc(-c2ccccc2)c(F)c1. The summed E-state index contributed by atoms with van der Waals surface area (Å²) in [5.74, 6) is 1.16. The molecule has 0 N–H and O–H groups in total. The Morgan fingerprint density at radius 3 is 2.33 bits per heavy atom. The Kier molecular flexibility index (Phi) is 2.91. The minimum Gasteiger partial charge on any atom is -0.206 e. The Bertz CT molecular complexity index is 545. The molecule has 0 saturated heterocycles. The number of benzene rings is 2. The van der Waals surface area contributed by atoms with Crippen LogP contribution < -0.4 is 0 Å². The van der Waals surface area contributed by atoms with E-state index < -0.39 is 0 Å². The molecule has 18 heavy (non-hydrogen) atoms. The van der Waals surface area contributed by atoms with Gasteiger partial charge in [0.1, 0.15) is 5.82 Å². The summed E-state index contributed by atoms with van der Waals surface area (Å²) in [6.45, 7) is 2.25. The predicted molar refractivity (Wildman–Crippen MR) is 73.0 cm³/mol. The van der Waals surface area contributed by atoms with Crippen LogP contribution in [0.15, 0.2) is 48.5 Å². The van der Waals surface area contributed by atoms with Gasteiger partial charge in [-0.15, -0.1) is 0 Å². The third-order valence-corrected chi connectivity index (χ3v) is 4.13. The van der Waals surface area contributed by atoms with Crippen LogP contribution in [0.4, 0.5) is 4.39 Å².